The van der Waals surface area contributed by atoms with Crippen molar-refractivity contribution in [2.75, 3.05) is 13.2 Å². The summed E-state index contributed by atoms with van der Waals surface area (Å²) in [5.74, 6) is -0.172. The summed E-state index contributed by atoms with van der Waals surface area (Å²) in [5.41, 5.74) is 5.97. The van der Waals surface area contributed by atoms with Gasteiger partial charge in [0.2, 0.25) is 0 Å². The van der Waals surface area contributed by atoms with Gasteiger partial charge in [0.1, 0.15) is 11.3 Å². The number of aliphatic hydroxyl groups is 1. The number of aliphatic hydroxyl groups excluding tert-OH is 1. The summed E-state index contributed by atoms with van der Waals surface area (Å²) in [5, 5.41) is 18.1. The zero-order valence-electron chi connectivity index (χ0n) is 12.1. The molecule has 2 rings (SSSR count). The van der Waals surface area contributed by atoms with Crippen LogP contribution in [-0.4, -0.2) is 34.9 Å². The van der Waals surface area contributed by atoms with Crippen LogP contribution in [0.3, 0.4) is 0 Å². The molecule has 1 aliphatic carbocycles. The van der Waals surface area contributed by atoms with Gasteiger partial charge < -0.3 is 20.7 Å². The van der Waals surface area contributed by atoms with Gasteiger partial charge in [-0.15, -0.1) is 0 Å². The summed E-state index contributed by atoms with van der Waals surface area (Å²) in [6.45, 7) is 0.603. The van der Waals surface area contributed by atoms with Crippen molar-refractivity contribution in [2.24, 2.45) is 11.7 Å². The van der Waals surface area contributed by atoms with Crippen LogP contribution in [0.5, 0.6) is 5.75 Å². The summed E-state index contributed by atoms with van der Waals surface area (Å²) >= 11 is 0. The zero-order valence-corrected chi connectivity index (χ0v) is 12.1. The lowest BCUT2D eigenvalue weighted by molar-refractivity contribution is -0.144. The van der Waals surface area contributed by atoms with Gasteiger partial charge in [-0.05, 0) is 49.3 Å². The van der Waals surface area contributed by atoms with Crippen molar-refractivity contribution in [2.45, 2.75) is 37.6 Å². The minimum absolute atomic E-state index is 0.0244. The highest BCUT2D eigenvalue weighted by molar-refractivity contribution is 5.79. The lowest BCUT2D eigenvalue weighted by atomic mass is 9.86. The molecule has 4 N–H and O–H groups in total. The molecule has 2 atom stereocenters. The van der Waals surface area contributed by atoms with E-state index in [-0.39, 0.29) is 12.5 Å². The van der Waals surface area contributed by atoms with Crippen LogP contribution in [0.2, 0.25) is 0 Å². The summed E-state index contributed by atoms with van der Waals surface area (Å²) < 4.78 is 5.66. The first kappa shape index (κ1) is 15.8. The Kier molecular flexibility index (Phi) is 5.20. The van der Waals surface area contributed by atoms with Crippen LogP contribution in [-0.2, 0) is 11.2 Å². The fraction of sp³-hybridized carbons (Fsp3) is 0.562. The Morgan fingerprint density at radius 2 is 2.10 bits per heavy atom. The van der Waals surface area contributed by atoms with Gasteiger partial charge in [-0.2, -0.15) is 0 Å². The molecule has 1 aromatic rings. The van der Waals surface area contributed by atoms with E-state index in [0.29, 0.717) is 25.9 Å². The van der Waals surface area contributed by atoms with Crippen molar-refractivity contribution < 1.29 is 19.7 Å². The Bertz CT molecular complexity index is 474. The highest BCUT2D eigenvalue weighted by Crippen LogP contribution is 2.36. The quantitative estimate of drug-likeness (QED) is 0.709. The zero-order chi connectivity index (χ0) is 15.3. The number of carbonyl (C=O) groups is 1. The van der Waals surface area contributed by atoms with Crippen LogP contribution < -0.4 is 10.5 Å². The van der Waals surface area contributed by atoms with Crippen molar-refractivity contribution in [1.82, 2.24) is 0 Å². The monoisotopic (exact) mass is 293 g/mol. The summed E-state index contributed by atoms with van der Waals surface area (Å²) in [7, 11) is 0. The van der Waals surface area contributed by atoms with Crippen LogP contribution in [0, 0.1) is 5.92 Å². The largest absolute Gasteiger partial charge is 0.494 e. The SMILES string of the molecule is NC1(C(=O)O)CCCC1CCOc1ccc(CCO)cc1. The predicted octanol–water partition coefficient (Wildman–Crippen LogP) is 1.57. The first-order valence-electron chi connectivity index (χ1n) is 7.41. The molecule has 0 saturated heterocycles. The van der Waals surface area contributed by atoms with E-state index < -0.39 is 11.5 Å². The van der Waals surface area contributed by atoms with Gasteiger partial charge in [0, 0.05) is 6.61 Å². The second kappa shape index (κ2) is 6.91. The van der Waals surface area contributed by atoms with Crippen LogP contribution in [0.1, 0.15) is 31.2 Å². The molecule has 0 spiro atoms. The van der Waals surface area contributed by atoms with Crippen molar-refractivity contribution in [3.05, 3.63) is 29.8 Å². The normalized spacial score (nSPS) is 25.0. The Balaban J connectivity index is 1.82. The van der Waals surface area contributed by atoms with Gasteiger partial charge >= 0.3 is 5.97 Å². The fourth-order valence-corrected chi connectivity index (χ4v) is 2.99. The molecule has 2 unspecified atom stereocenters. The maximum Gasteiger partial charge on any atom is 0.323 e. The Hall–Kier alpha value is -1.59. The molecule has 1 saturated carbocycles. The van der Waals surface area contributed by atoms with E-state index in [0.717, 1.165) is 24.2 Å². The van der Waals surface area contributed by atoms with E-state index in [2.05, 4.69) is 0 Å². The first-order chi connectivity index (χ1) is 10.1. The van der Waals surface area contributed by atoms with E-state index in [1.807, 2.05) is 24.3 Å². The molecule has 0 radical (unpaired) electrons. The summed E-state index contributed by atoms with van der Waals surface area (Å²) in [4.78, 5) is 11.3. The average molecular weight is 293 g/mol. The van der Waals surface area contributed by atoms with E-state index in [9.17, 15) is 9.90 Å². The molecule has 0 aromatic heterocycles. The molecule has 0 bridgehead atoms. The number of rotatable bonds is 7. The number of nitrogens with two attached hydrogens (primary N) is 1. The molecule has 0 heterocycles. The Morgan fingerprint density at radius 1 is 1.38 bits per heavy atom. The smallest absolute Gasteiger partial charge is 0.323 e. The van der Waals surface area contributed by atoms with Crippen LogP contribution >= 0.6 is 0 Å². The molecule has 1 aromatic carbocycles. The van der Waals surface area contributed by atoms with Crippen molar-refractivity contribution >= 4 is 5.97 Å². The van der Waals surface area contributed by atoms with Crippen molar-refractivity contribution in [1.29, 1.82) is 0 Å². The highest BCUT2D eigenvalue weighted by atomic mass is 16.5. The molecule has 0 amide bonds. The molecule has 5 nitrogen and oxygen atoms in total. The molecule has 5 heteroatoms. The standard InChI is InChI=1S/C16H23NO4/c17-16(15(19)20)9-1-2-13(16)8-11-21-14-5-3-12(4-6-14)7-10-18/h3-6,13,18H,1-2,7-11,17H2,(H,19,20). The van der Waals surface area contributed by atoms with Gasteiger partial charge in [0.15, 0.2) is 0 Å². The molecule has 21 heavy (non-hydrogen) atoms. The Labute approximate surface area is 124 Å². The lowest BCUT2D eigenvalue weighted by Crippen LogP contribution is -2.51. The summed E-state index contributed by atoms with van der Waals surface area (Å²) in [6.07, 6.45) is 3.55. The van der Waals surface area contributed by atoms with Gasteiger partial charge in [-0.3, -0.25) is 4.79 Å². The van der Waals surface area contributed by atoms with Crippen LogP contribution in [0.15, 0.2) is 24.3 Å². The first-order valence-corrected chi connectivity index (χ1v) is 7.41. The van der Waals surface area contributed by atoms with E-state index in [1.54, 1.807) is 0 Å². The van der Waals surface area contributed by atoms with Gasteiger partial charge in [-0.1, -0.05) is 18.6 Å². The number of hydrogen-bond donors (Lipinski definition) is 3. The van der Waals surface area contributed by atoms with Gasteiger partial charge in [-0.25, -0.2) is 0 Å². The number of carboxylic acids is 1. The highest BCUT2D eigenvalue weighted by Gasteiger charge is 2.45. The topological polar surface area (TPSA) is 92.8 Å². The lowest BCUT2D eigenvalue weighted by Gasteiger charge is -2.26. The maximum atomic E-state index is 11.3. The predicted molar refractivity (Wildman–Crippen MR) is 79.2 cm³/mol. The van der Waals surface area contributed by atoms with E-state index in [1.165, 1.54) is 0 Å². The summed E-state index contributed by atoms with van der Waals surface area (Å²) in [6, 6.07) is 7.58. The molecule has 116 valence electrons. The minimum Gasteiger partial charge on any atom is -0.494 e. The molecular formula is C16H23NO4. The minimum atomic E-state index is -1.09. The van der Waals surface area contributed by atoms with Crippen molar-refractivity contribution in [3.63, 3.8) is 0 Å². The van der Waals surface area contributed by atoms with E-state index >= 15 is 0 Å². The third-order valence-electron chi connectivity index (χ3n) is 4.33. The number of benzene rings is 1. The fourth-order valence-electron chi connectivity index (χ4n) is 2.99. The molecule has 0 aliphatic heterocycles. The van der Waals surface area contributed by atoms with Gasteiger partial charge in [0.25, 0.3) is 0 Å². The van der Waals surface area contributed by atoms with Crippen LogP contribution in [0.25, 0.3) is 0 Å². The average Bonchev–Trinajstić information content (AvgIpc) is 2.84. The number of hydrogen-bond acceptors (Lipinski definition) is 4. The van der Waals surface area contributed by atoms with Crippen LogP contribution in [0.4, 0.5) is 0 Å². The molecule has 1 fully saturated rings. The number of ether oxygens (including phenoxy) is 1. The molecular weight excluding hydrogens is 270 g/mol. The number of aliphatic carboxylic acids is 1. The second-order valence-electron chi connectivity index (χ2n) is 5.69. The molecule has 1 aliphatic rings. The van der Waals surface area contributed by atoms with Gasteiger partial charge in [0.05, 0.1) is 6.61 Å². The van der Waals surface area contributed by atoms with Crippen molar-refractivity contribution in [3.8, 4) is 5.75 Å². The second-order valence-corrected chi connectivity index (χ2v) is 5.69. The number of carboxylic acid groups (broad SMARTS) is 1. The third kappa shape index (κ3) is 3.74. The maximum absolute atomic E-state index is 11.3. The third-order valence-corrected chi connectivity index (χ3v) is 4.33. The van der Waals surface area contributed by atoms with E-state index in [4.69, 9.17) is 15.6 Å². The Morgan fingerprint density at radius 3 is 2.71 bits per heavy atom.